The third-order valence-electron chi connectivity index (χ3n) is 12.9. The minimum atomic E-state index is -1.60. The number of amides is 3. The van der Waals surface area contributed by atoms with Gasteiger partial charge in [-0.15, -0.1) is 11.3 Å². The van der Waals surface area contributed by atoms with E-state index >= 15 is 13.2 Å². The summed E-state index contributed by atoms with van der Waals surface area (Å²) in [4.78, 5) is 52.4. The first-order chi connectivity index (χ1) is 33.3. The number of benzene rings is 3. The van der Waals surface area contributed by atoms with Gasteiger partial charge < -0.3 is 39.8 Å². The largest absolute Gasteiger partial charge is 0.491 e. The molecular formula is C53H67F3N6O7S. The van der Waals surface area contributed by atoms with Crippen LogP contribution in [0.1, 0.15) is 101 Å². The number of hydrogen-bond acceptors (Lipinski definition) is 10. The highest BCUT2D eigenvalue weighted by atomic mass is 32.1. The van der Waals surface area contributed by atoms with E-state index in [0.29, 0.717) is 38.2 Å². The number of alkyl halides is 1. The Kier molecular flexibility index (Phi) is 17.1. The summed E-state index contributed by atoms with van der Waals surface area (Å²) in [5, 5.41) is 17.3. The molecule has 0 radical (unpaired) electrons. The van der Waals surface area contributed by atoms with Gasteiger partial charge in [-0.25, -0.2) is 18.2 Å². The molecule has 17 heteroatoms. The first kappa shape index (κ1) is 52.5. The number of halogens is 3. The van der Waals surface area contributed by atoms with Crippen LogP contribution in [0.5, 0.6) is 5.75 Å². The van der Waals surface area contributed by atoms with Crippen LogP contribution >= 0.6 is 11.3 Å². The molecule has 2 aromatic heterocycles. The number of nitrogens with zero attached hydrogens (tertiary/aromatic N) is 3. The Labute approximate surface area is 412 Å². The van der Waals surface area contributed by atoms with Crippen LogP contribution < -0.4 is 15.4 Å². The van der Waals surface area contributed by atoms with E-state index in [1.807, 2.05) is 88.0 Å². The number of β-amino-alcohol motifs (C(OH)–C–C–N with tert-alkyl or cyclic N) is 1. The molecule has 0 saturated carbocycles. The normalized spacial score (nSPS) is 19.0. The molecule has 5 aromatic rings. The van der Waals surface area contributed by atoms with E-state index in [0.717, 1.165) is 44.6 Å². The second-order valence-electron chi connectivity index (χ2n) is 20.2. The van der Waals surface area contributed by atoms with E-state index in [9.17, 15) is 19.5 Å². The van der Waals surface area contributed by atoms with Gasteiger partial charge in [0.25, 0.3) is 0 Å². The van der Waals surface area contributed by atoms with Crippen molar-refractivity contribution >= 4 is 40.0 Å². The summed E-state index contributed by atoms with van der Waals surface area (Å²) >= 11 is 1.56. The molecule has 2 aliphatic heterocycles. The summed E-state index contributed by atoms with van der Waals surface area (Å²) in [6.45, 7) is 13.2. The molecule has 1 unspecified atom stereocenters. The minimum absolute atomic E-state index is 0.0150. The molecule has 2 aliphatic rings. The lowest BCUT2D eigenvalue weighted by Crippen LogP contribution is -2.58. The number of aromatic nitrogens is 2. The maximum atomic E-state index is 16.0. The molecule has 378 valence electrons. The number of thiazole rings is 1. The Balaban J connectivity index is 0.808. The number of carbonyl (C=O) groups excluding carboxylic acids is 3. The molecule has 3 amide bonds. The van der Waals surface area contributed by atoms with Crippen LogP contribution in [-0.4, -0.2) is 119 Å². The molecular weight excluding hydrogens is 922 g/mol. The molecule has 1 fully saturated rings. The predicted octanol–water partition coefficient (Wildman–Crippen LogP) is 8.35. The summed E-state index contributed by atoms with van der Waals surface area (Å²) in [5.74, 6) is -2.84. The summed E-state index contributed by atoms with van der Waals surface area (Å²) in [5.41, 5.74) is 4.71. The number of likely N-dealkylation sites (tertiary alicyclic amines) is 1. The number of ether oxygens (including phenoxy) is 3. The summed E-state index contributed by atoms with van der Waals surface area (Å²) in [6.07, 6.45) is 1.91. The predicted molar refractivity (Wildman–Crippen MR) is 264 cm³/mol. The second kappa shape index (κ2) is 22.8. The molecule has 13 nitrogen and oxygen atoms in total. The number of aromatic amines is 1. The van der Waals surface area contributed by atoms with E-state index in [-0.39, 0.29) is 69.1 Å². The van der Waals surface area contributed by atoms with E-state index in [2.05, 4.69) is 20.6 Å². The van der Waals surface area contributed by atoms with Crippen LogP contribution in [0.15, 0.2) is 66.2 Å². The van der Waals surface area contributed by atoms with Crippen molar-refractivity contribution in [2.24, 2.45) is 5.41 Å². The van der Waals surface area contributed by atoms with Gasteiger partial charge in [-0.1, -0.05) is 63.2 Å². The summed E-state index contributed by atoms with van der Waals surface area (Å²) in [7, 11) is 0. The number of unbranched alkanes of at least 4 members (excludes halogenated alkanes) is 2. The van der Waals surface area contributed by atoms with Crippen molar-refractivity contribution in [3.63, 3.8) is 0 Å². The third-order valence-corrected chi connectivity index (χ3v) is 13.9. The van der Waals surface area contributed by atoms with Crippen LogP contribution in [0.25, 0.3) is 21.3 Å². The van der Waals surface area contributed by atoms with Gasteiger partial charge in [0.15, 0.2) is 0 Å². The Bertz CT molecular complexity index is 2570. The van der Waals surface area contributed by atoms with E-state index < -0.39 is 58.8 Å². The number of rotatable bonds is 21. The molecule has 7 rings (SSSR count). The highest BCUT2D eigenvalue weighted by Gasteiger charge is 2.45. The van der Waals surface area contributed by atoms with Crippen LogP contribution in [0.3, 0.4) is 0 Å². The van der Waals surface area contributed by atoms with Crippen LogP contribution in [0.4, 0.5) is 13.2 Å². The molecule has 3 aromatic carbocycles. The van der Waals surface area contributed by atoms with Crippen molar-refractivity contribution in [1.82, 2.24) is 30.4 Å². The van der Waals surface area contributed by atoms with Gasteiger partial charge in [0.2, 0.25) is 17.7 Å². The molecule has 0 aliphatic carbocycles. The number of para-hydroxylation sites is 1. The molecule has 0 bridgehead atoms. The van der Waals surface area contributed by atoms with Gasteiger partial charge in [0.1, 0.15) is 48.4 Å². The minimum Gasteiger partial charge on any atom is -0.491 e. The van der Waals surface area contributed by atoms with Gasteiger partial charge in [-0.2, -0.15) is 0 Å². The van der Waals surface area contributed by atoms with E-state index in [1.54, 1.807) is 16.8 Å². The lowest BCUT2D eigenvalue weighted by Gasteiger charge is -2.43. The van der Waals surface area contributed by atoms with Crippen molar-refractivity contribution in [2.45, 2.75) is 123 Å². The lowest BCUT2D eigenvalue weighted by molar-refractivity contribution is -0.144. The zero-order valence-electron chi connectivity index (χ0n) is 41.2. The van der Waals surface area contributed by atoms with Crippen molar-refractivity contribution in [1.29, 1.82) is 0 Å². The number of carbonyl (C=O) groups is 3. The number of H-pyrrole nitrogens is 1. The molecule has 4 N–H and O–H groups in total. The van der Waals surface area contributed by atoms with Gasteiger partial charge >= 0.3 is 0 Å². The smallest absolute Gasteiger partial charge is 0.246 e. The zero-order chi connectivity index (χ0) is 50.3. The van der Waals surface area contributed by atoms with Gasteiger partial charge in [0, 0.05) is 79.6 Å². The Morgan fingerprint density at radius 3 is 2.33 bits per heavy atom. The van der Waals surface area contributed by atoms with Crippen LogP contribution in [0, 0.1) is 24.0 Å². The van der Waals surface area contributed by atoms with E-state index in [1.165, 1.54) is 30.9 Å². The van der Waals surface area contributed by atoms with Crippen LogP contribution in [0.2, 0.25) is 0 Å². The Morgan fingerprint density at radius 1 is 0.957 bits per heavy atom. The SMILES string of the molecule is Cc1ncsc1-c1ccc(CNC(=O)[C@@H]2C[C@@H](O)CN2C(=O)C(NC(=O)COCCCCCOCCOc2cc(F)c([C@@H]3c4[nH]c5ccccc5c4C[C@@H](C)N3CC(C)(C)F)c(F)c2)C(C)(C)C)cc1. The van der Waals surface area contributed by atoms with Crippen molar-refractivity contribution in [3.8, 4) is 16.2 Å². The number of fused-ring (bicyclic) bond motifs is 3. The van der Waals surface area contributed by atoms with Gasteiger partial charge in [0.05, 0.1) is 34.8 Å². The van der Waals surface area contributed by atoms with Crippen molar-refractivity contribution in [3.05, 3.63) is 106 Å². The van der Waals surface area contributed by atoms with E-state index in [4.69, 9.17) is 14.2 Å². The van der Waals surface area contributed by atoms with Crippen LogP contribution in [-0.2, 0) is 36.8 Å². The van der Waals surface area contributed by atoms with Gasteiger partial charge in [-0.3, -0.25) is 19.3 Å². The molecule has 5 atom stereocenters. The zero-order valence-corrected chi connectivity index (χ0v) is 42.0. The quantitative estimate of drug-likeness (QED) is 0.0531. The highest BCUT2D eigenvalue weighted by molar-refractivity contribution is 7.13. The molecule has 0 spiro atoms. The standard InChI is InChI=1S/C53H67F3N6O7S/c1-32-23-39-38-13-9-10-14-42(38)59-46(39)47(62(32)30-53(6,7)56)45-40(54)25-37(26-41(45)55)69-22-21-67-19-11-8-12-20-68-29-44(64)60-49(52(3,4)5)51(66)61-28-36(63)24-43(61)50(65)57-27-34-15-17-35(18-16-34)48-33(2)58-31-70-48/h9-10,13-18,25-26,31-32,36,43,47,49,59,63H,8,11-12,19-24,27-30H2,1-7H3,(H,57,65)(H,60,64)/t32-,36-,43+,47-,49?/m1/s1. The van der Waals surface area contributed by atoms with Gasteiger partial charge in [-0.05, 0) is 81.5 Å². The summed E-state index contributed by atoms with van der Waals surface area (Å²) < 4.78 is 64.2. The first-order valence-electron chi connectivity index (χ1n) is 24.2. The molecule has 4 heterocycles. The topological polar surface area (TPSA) is 158 Å². The lowest BCUT2D eigenvalue weighted by atomic mass is 9.85. The molecule has 1 saturated heterocycles. The first-order valence-corrected chi connectivity index (χ1v) is 25.0. The monoisotopic (exact) mass is 988 g/mol. The third kappa shape index (κ3) is 12.9. The average molecular weight is 989 g/mol. The average Bonchev–Trinajstić information content (AvgIpc) is 4.02. The number of aryl methyl sites for hydroxylation is 1. The van der Waals surface area contributed by atoms with Crippen molar-refractivity contribution < 1.29 is 46.9 Å². The number of hydrogen-bond donors (Lipinski definition) is 4. The fourth-order valence-electron chi connectivity index (χ4n) is 9.46. The number of nitrogens with one attached hydrogen (secondary N) is 3. The fraction of sp³-hybridized carbons (Fsp3) is 0.509. The fourth-order valence-corrected chi connectivity index (χ4v) is 10.3. The molecule has 70 heavy (non-hydrogen) atoms. The highest BCUT2D eigenvalue weighted by Crippen LogP contribution is 2.44. The Morgan fingerprint density at radius 2 is 1.66 bits per heavy atom. The number of aliphatic hydroxyl groups is 1. The maximum absolute atomic E-state index is 16.0. The van der Waals surface area contributed by atoms with Crippen molar-refractivity contribution in [2.75, 3.05) is 46.1 Å². The number of aliphatic hydroxyl groups excluding tert-OH is 1. The maximum Gasteiger partial charge on any atom is 0.246 e. The summed E-state index contributed by atoms with van der Waals surface area (Å²) in [6, 6.07) is 15.0. The Hall–Kier alpha value is -5.33. The second-order valence-corrected chi connectivity index (χ2v) is 21.1.